The number of hydrogen-bond donors (Lipinski definition) is 2. The van der Waals surface area contributed by atoms with E-state index in [0.29, 0.717) is 40.6 Å². The number of rotatable bonds is 12. The van der Waals surface area contributed by atoms with Gasteiger partial charge in [0.25, 0.3) is 5.91 Å². The second-order valence-electron chi connectivity index (χ2n) is 13.8. The summed E-state index contributed by atoms with van der Waals surface area (Å²) in [5.41, 5.74) is 4.72. The van der Waals surface area contributed by atoms with Gasteiger partial charge in [-0.15, -0.1) is 0 Å². The fourth-order valence-electron chi connectivity index (χ4n) is 4.54. The lowest BCUT2D eigenvalue weighted by Crippen LogP contribution is -2.54. The van der Waals surface area contributed by atoms with Crippen LogP contribution in [0.3, 0.4) is 0 Å². The molecule has 1 aromatic heterocycles. The third-order valence-corrected chi connectivity index (χ3v) is 7.51. The fourth-order valence-corrected chi connectivity index (χ4v) is 4.74. The van der Waals surface area contributed by atoms with Crippen LogP contribution >= 0.6 is 11.6 Å². The van der Waals surface area contributed by atoms with Crippen molar-refractivity contribution in [3.8, 4) is 11.1 Å². The Morgan fingerprint density at radius 3 is 2.20 bits per heavy atom. The van der Waals surface area contributed by atoms with E-state index in [9.17, 15) is 40.3 Å². The predicted octanol–water partition coefficient (Wildman–Crippen LogP) is 8.33. The minimum atomic E-state index is -4.86. The minimum Gasteiger partial charge on any atom is -0.447 e. The lowest BCUT2D eigenvalue weighted by Gasteiger charge is -2.31. The van der Waals surface area contributed by atoms with Crippen molar-refractivity contribution in [3.63, 3.8) is 0 Å². The normalized spacial score (nSPS) is 15.6. The first-order chi connectivity index (χ1) is 24.9. The second kappa shape index (κ2) is 17.3. The number of nitrogens with zero attached hydrogens (tertiary/aromatic N) is 7. The number of amides is 2. The van der Waals surface area contributed by atoms with Crippen molar-refractivity contribution in [2.75, 3.05) is 11.6 Å². The number of alkyl halides is 7. The monoisotopic (exact) mass is 789 g/mol. The summed E-state index contributed by atoms with van der Waals surface area (Å²) >= 11 is 6.19. The minimum absolute atomic E-state index is 0.00626. The molecular formula is C34H39ClF7N9O3. The van der Waals surface area contributed by atoms with E-state index in [1.807, 2.05) is 0 Å². The van der Waals surface area contributed by atoms with Gasteiger partial charge in [0.1, 0.15) is 18.5 Å². The van der Waals surface area contributed by atoms with Gasteiger partial charge in [-0.25, -0.2) is 19.5 Å². The zero-order valence-electron chi connectivity index (χ0n) is 30.0. The van der Waals surface area contributed by atoms with Crippen LogP contribution in [0.25, 0.3) is 11.1 Å². The van der Waals surface area contributed by atoms with E-state index in [-0.39, 0.29) is 21.3 Å². The van der Waals surface area contributed by atoms with Crippen molar-refractivity contribution >= 4 is 48.3 Å². The Hall–Kier alpha value is -5.20. The fraction of sp³-hybridized carbons (Fsp3) is 0.412. The first-order valence-corrected chi connectivity index (χ1v) is 16.3. The van der Waals surface area contributed by atoms with Gasteiger partial charge >= 0.3 is 25.4 Å². The van der Waals surface area contributed by atoms with E-state index in [1.54, 1.807) is 5.32 Å². The van der Waals surface area contributed by atoms with Crippen LogP contribution in [0.4, 0.5) is 41.2 Å². The molecule has 2 heterocycles. The number of guanidine groups is 1. The van der Waals surface area contributed by atoms with Crippen LogP contribution in [0.1, 0.15) is 71.3 Å². The number of carbonyl (C=O) groups excluding carboxylic acids is 2. The molecular weight excluding hydrogens is 751 g/mol. The van der Waals surface area contributed by atoms with Gasteiger partial charge in [-0.3, -0.25) is 14.7 Å². The number of ether oxygens (including phenoxy) is 1. The van der Waals surface area contributed by atoms with Crippen molar-refractivity contribution in [1.82, 2.24) is 20.0 Å². The number of aliphatic imine (C=N–C) groups is 2. The largest absolute Gasteiger partial charge is 0.447 e. The Morgan fingerprint density at radius 1 is 1.07 bits per heavy atom. The zero-order chi connectivity index (χ0) is 40.8. The molecule has 0 spiro atoms. The number of halogens is 8. The van der Waals surface area contributed by atoms with Gasteiger partial charge in [-0.05, 0) is 54.8 Å². The third kappa shape index (κ3) is 11.2. The van der Waals surface area contributed by atoms with E-state index < -0.39 is 61.5 Å². The number of aromatic nitrogens is 2. The number of anilines is 1. The van der Waals surface area contributed by atoms with Crippen LogP contribution in [0.5, 0.6) is 0 Å². The highest BCUT2D eigenvalue weighted by atomic mass is 35.5. The van der Waals surface area contributed by atoms with Crippen molar-refractivity contribution in [2.24, 2.45) is 26.2 Å². The Balaban J connectivity index is 0.00000147. The summed E-state index contributed by atoms with van der Waals surface area (Å²) in [5.74, 6) is -1.19. The van der Waals surface area contributed by atoms with Gasteiger partial charge < -0.3 is 15.8 Å². The molecule has 4 rings (SSSR count). The van der Waals surface area contributed by atoms with Crippen molar-refractivity contribution < 1.29 is 45.1 Å². The molecule has 54 heavy (non-hydrogen) atoms. The zero-order valence-corrected chi connectivity index (χ0v) is 30.7. The van der Waals surface area contributed by atoms with Gasteiger partial charge in [0.2, 0.25) is 0 Å². The van der Waals surface area contributed by atoms with Crippen molar-refractivity contribution in [3.05, 3.63) is 71.0 Å². The maximum absolute atomic E-state index is 13.9. The lowest BCUT2D eigenvalue weighted by atomic mass is 10.0. The average Bonchev–Trinajstić information content (AvgIpc) is 3.66. The lowest BCUT2D eigenvalue weighted by molar-refractivity contribution is -0.183. The molecule has 0 radical (unpaired) electrons. The molecule has 1 aliphatic heterocycles. The van der Waals surface area contributed by atoms with Crippen LogP contribution in [0, 0.1) is 5.41 Å². The van der Waals surface area contributed by atoms with E-state index >= 15 is 0 Å². The van der Waals surface area contributed by atoms with Crippen LogP contribution in [0.2, 0.25) is 5.02 Å². The van der Waals surface area contributed by atoms with Crippen molar-refractivity contribution in [2.45, 2.75) is 78.4 Å². The Bertz CT molecular complexity index is 1840. The number of benzene rings is 2. The molecule has 2 amide bonds. The van der Waals surface area contributed by atoms with Crippen LogP contribution in [-0.4, -0.2) is 70.6 Å². The highest BCUT2D eigenvalue weighted by Crippen LogP contribution is 2.37. The highest BCUT2D eigenvalue weighted by Gasteiger charge is 2.49. The molecule has 20 heteroatoms. The van der Waals surface area contributed by atoms with Gasteiger partial charge in [0, 0.05) is 11.8 Å². The Morgan fingerprint density at radius 2 is 1.69 bits per heavy atom. The first kappa shape index (κ1) is 43.2. The standard InChI is InChI=1S/C29H27ClF7N9O3.C5H12/c1-28(2,29(35,36)37)43-27(48)49-13-21(17-8-9-19(30)20(10-17)46(25(33)34)41-14-39-3)45-23(47)22(42-26(45)38)16-6-4-15(5-7-16)18-11-40-44(12-18)24(31)32;1-5(2,3)4/h4-12,14,21-22,24-25H,3,13H2,1-2H3,(H2,38,42)(H,43,48);1-4H3/b41-14-;/t21-,22-;/m1./s1. The van der Waals surface area contributed by atoms with Crippen LogP contribution in [-0.2, 0) is 9.53 Å². The molecule has 0 fully saturated rings. The molecule has 0 aliphatic carbocycles. The van der Waals surface area contributed by atoms with E-state index in [4.69, 9.17) is 22.1 Å². The van der Waals surface area contributed by atoms with Gasteiger partial charge in [-0.1, -0.05) is 69.6 Å². The molecule has 12 nitrogen and oxygen atoms in total. The summed E-state index contributed by atoms with van der Waals surface area (Å²) in [7, 11) is 0. The molecule has 2 aromatic carbocycles. The molecule has 0 unspecified atom stereocenters. The maximum Gasteiger partial charge on any atom is 0.411 e. The second-order valence-corrected chi connectivity index (χ2v) is 14.2. The first-order valence-electron chi connectivity index (χ1n) is 15.9. The van der Waals surface area contributed by atoms with E-state index in [2.05, 4.69) is 54.6 Å². The summed E-state index contributed by atoms with van der Waals surface area (Å²) in [4.78, 5) is 34.7. The summed E-state index contributed by atoms with van der Waals surface area (Å²) < 4.78 is 99.5. The molecule has 0 saturated carbocycles. The number of nitrogens with two attached hydrogens (primary N) is 1. The molecule has 0 bridgehead atoms. The van der Waals surface area contributed by atoms with Gasteiger partial charge in [-0.2, -0.15) is 40.9 Å². The maximum atomic E-state index is 13.9. The van der Waals surface area contributed by atoms with Crippen LogP contribution in [0.15, 0.2) is 69.9 Å². The van der Waals surface area contributed by atoms with Crippen molar-refractivity contribution in [1.29, 1.82) is 0 Å². The smallest absolute Gasteiger partial charge is 0.411 e. The topological polar surface area (TPSA) is 143 Å². The molecule has 294 valence electrons. The molecule has 3 N–H and O–H groups in total. The molecule has 0 saturated heterocycles. The Kier molecular flexibility index (Phi) is 13.8. The molecule has 2 atom stereocenters. The average molecular weight is 790 g/mol. The number of hydrazone groups is 1. The Labute approximate surface area is 311 Å². The predicted molar refractivity (Wildman–Crippen MR) is 191 cm³/mol. The summed E-state index contributed by atoms with van der Waals surface area (Å²) in [6, 6.07) is 6.88. The number of alkyl carbamates (subject to hydrolysis) is 1. The quantitative estimate of drug-likeness (QED) is 0.0621. The SMILES string of the molecule is C=N/C=N\N(c1cc([C@@H](COC(=O)NC(C)(C)C(F)(F)F)N2C(=O)[C@@H](c3ccc(-c4cnn(C(F)F)c4)cc3)N=C2N)ccc1Cl)C(F)F.CC(C)(C)C. The third-order valence-electron chi connectivity index (χ3n) is 7.19. The van der Waals surface area contributed by atoms with Gasteiger partial charge in [0.15, 0.2) is 12.0 Å². The summed E-state index contributed by atoms with van der Waals surface area (Å²) in [6.45, 7) is 6.36. The number of hydrogen-bond acceptors (Lipinski definition) is 8. The number of nitrogens with one attached hydrogen (secondary N) is 1. The van der Waals surface area contributed by atoms with Crippen LogP contribution < -0.4 is 16.1 Å². The molecule has 1 aliphatic rings. The summed E-state index contributed by atoms with van der Waals surface area (Å²) in [5, 5.41) is 8.74. The van der Waals surface area contributed by atoms with E-state index in [0.717, 1.165) is 23.5 Å². The number of carbonyl (C=O) groups is 2. The summed E-state index contributed by atoms with van der Waals surface area (Å²) in [6.07, 6.45) is -3.29. The molecule has 3 aromatic rings. The van der Waals surface area contributed by atoms with Gasteiger partial charge in [0.05, 0.1) is 22.9 Å². The highest BCUT2D eigenvalue weighted by molar-refractivity contribution is 6.33. The van der Waals surface area contributed by atoms with E-state index in [1.165, 1.54) is 42.6 Å².